The van der Waals surface area contributed by atoms with Crippen LogP contribution in [0.2, 0.25) is 0 Å². The van der Waals surface area contributed by atoms with Gasteiger partial charge in [-0.2, -0.15) is 0 Å². The lowest BCUT2D eigenvalue weighted by Crippen LogP contribution is -2.24. The van der Waals surface area contributed by atoms with Crippen LogP contribution in [0.15, 0.2) is 6.33 Å². The number of fused-ring (bicyclic) bond motifs is 1. The van der Waals surface area contributed by atoms with E-state index < -0.39 is 18.4 Å². The second-order valence-electron chi connectivity index (χ2n) is 4.60. The van der Waals surface area contributed by atoms with Gasteiger partial charge in [-0.25, -0.2) is 15.0 Å². The number of hydrogen-bond acceptors (Lipinski definition) is 8. The van der Waals surface area contributed by atoms with E-state index in [1.165, 1.54) is 6.33 Å². The minimum Gasteiger partial charge on any atom is -0.394 e. The molecule has 3 atom stereocenters. The molecule has 0 bridgehead atoms. The van der Waals surface area contributed by atoms with E-state index in [0.717, 1.165) is 0 Å². The minimum atomic E-state index is -0.730. The second-order valence-corrected chi connectivity index (χ2v) is 4.60. The Kier molecular flexibility index (Phi) is 3.16. The third kappa shape index (κ3) is 1.87. The van der Waals surface area contributed by atoms with Gasteiger partial charge in [0.1, 0.15) is 18.7 Å². The number of ether oxygens (including phenoxy) is 1. The zero-order chi connectivity index (χ0) is 14.3. The Morgan fingerprint density at radius 3 is 3.00 bits per heavy atom. The molecule has 2 aromatic heterocycles. The lowest BCUT2D eigenvalue weighted by atomic mass is 10.2. The Hall–Kier alpha value is -1.97. The van der Waals surface area contributed by atoms with Crippen LogP contribution >= 0.6 is 0 Å². The summed E-state index contributed by atoms with van der Waals surface area (Å²) in [5, 5.41) is 22.0. The molecule has 20 heavy (non-hydrogen) atoms. The van der Waals surface area contributed by atoms with Crippen molar-refractivity contribution in [1.82, 2.24) is 19.5 Å². The normalized spacial score (nSPS) is 26.2. The van der Waals surface area contributed by atoms with Crippen molar-refractivity contribution >= 4 is 22.9 Å². The quantitative estimate of drug-likeness (QED) is 0.568. The van der Waals surface area contributed by atoms with E-state index >= 15 is 0 Å². The Morgan fingerprint density at radius 2 is 2.35 bits per heavy atom. The van der Waals surface area contributed by atoms with Gasteiger partial charge in [0.15, 0.2) is 17.0 Å². The second kappa shape index (κ2) is 4.85. The number of nitrogens with zero attached hydrogens (tertiary/aromatic N) is 4. The summed E-state index contributed by atoms with van der Waals surface area (Å²) in [6, 6.07) is 0. The molecule has 1 aliphatic rings. The Balaban J connectivity index is 2.09. The zero-order valence-electron chi connectivity index (χ0n) is 10.9. The van der Waals surface area contributed by atoms with Gasteiger partial charge in [-0.05, 0) is 0 Å². The lowest BCUT2D eigenvalue weighted by Gasteiger charge is -2.16. The third-order valence-electron chi connectivity index (χ3n) is 3.40. The lowest BCUT2D eigenvalue weighted by molar-refractivity contribution is -0.0425. The maximum Gasteiger partial charge on any atom is 0.207 e. The van der Waals surface area contributed by atoms with Crippen molar-refractivity contribution < 1.29 is 14.9 Å². The van der Waals surface area contributed by atoms with Crippen LogP contribution in [0.4, 0.5) is 11.8 Å². The van der Waals surface area contributed by atoms with Gasteiger partial charge in [0.25, 0.3) is 0 Å². The minimum absolute atomic E-state index is 0.240. The molecule has 0 spiro atoms. The van der Waals surface area contributed by atoms with Crippen LogP contribution < -0.4 is 11.1 Å². The fourth-order valence-electron chi connectivity index (χ4n) is 2.41. The summed E-state index contributed by atoms with van der Waals surface area (Å²) in [7, 11) is 1.72. The molecule has 5 N–H and O–H groups in total. The van der Waals surface area contributed by atoms with Crippen LogP contribution in [-0.4, -0.2) is 55.6 Å². The maximum atomic E-state index is 9.85. The Labute approximate surface area is 114 Å². The summed E-state index contributed by atoms with van der Waals surface area (Å²) in [4.78, 5) is 12.4. The van der Waals surface area contributed by atoms with Gasteiger partial charge in [0.05, 0.1) is 12.7 Å². The van der Waals surface area contributed by atoms with E-state index in [1.54, 1.807) is 11.6 Å². The fraction of sp³-hybridized carbons (Fsp3) is 0.545. The zero-order valence-corrected chi connectivity index (χ0v) is 10.9. The number of nitrogens with two attached hydrogens (primary N) is 1. The van der Waals surface area contributed by atoms with E-state index in [1.807, 2.05) is 0 Å². The number of nitrogens with one attached hydrogen (secondary N) is 1. The van der Waals surface area contributed by atoms with Gasteiger partial charge in [-0.15, -0.1) is 0 Å². The Morgan fingerprint density at radius 1 is 1.55 bits per heavy atom. The molecule has 3 heterocycles. The molecule has 3 rings (SSSR count). The number of aliphatic hydroxyl groups is 2. The summed E-state index contributed by atoms with van der Waals surface area (Å²) in [5.41, 5.74) is 6.79. The van der Waals surface area contributed by atoms with Crippen molar-refractivity contribution in [2.75, 3.05) is 24.7 Å². The summed E-state index contributed by atoms with van der Waals surface area (Å²) >= 11 is 0. The molecular formula is C11H16N6O3. The molecule has 0 saturated carbocycles. The van der Waals surface area contributed by atoms with Gasteiger partial charge in [-0.1, -0.05) is 0 Å². The molecule has 2 aromatic rings. The van der Waals surface area contributed by atoms with Crippen molar-refractivity contribution in [2.45, 2.75) is 24.9 Å². The molecule has 9 heteroatoms. The highest BCUT2D eigenvalue weighted by Gasteiger charge is 2.36. The van der Waals surface area contributed by atoms with Crippen LogP contribution in [0.5, 0.6) is 0 Å². The van der Waals surface area contributed by atoms with Crippen molar-refractivity contribution in [3.63, 3.8) is 0 Å². The summed E-state index contributed by atoms with van der Waals surface area (Å²) in [5.74, 6) is 0.797. The number of anilines is 2. The predicted molar refractivity (Wildman–Crippen MR) is 70.9 cm³/mol. The topological polar surface area (TPSA) is 131 Å². The van der Waals surface area contributed by atoms with Gasteiger partial charge >= 0.3 is 0 Å². The van der Waals surface area contributed by atoms with E-state index in [0.29, 0.717) is 23.5 Å². The largest absolute Gasteiger partial charge is 0.394 e. The molecule has 0 radical (unpaired) electrons. The van der Waals surface area contributed by atoms with Crippen molar-refractivity contribution in [3.8, 4) is 0 Å². The first-order chi connectivity index (χ1) is 9.65. The van der Waals surface area contributed by atoms with Crippen LogP contribution in [0.25, 0.3) is 11.2 Å². The smallest absolute Gasteiger partial charge is 0.207 e. The van der Waals surface area contributed by atoms with Crippen molar-refractivity contribution in [1.29, 1.82) is 0 Å². The van der Waals surface area contributed by atoms with E-state index in [-0.39, 0.29) is 12.4 Å². The number of aliphatic hydroxyl groups excluding tert-OH is 2. The van der Waals surface area contributed by atoms with Crippen molar-refractivity contribution in [3.05, 3.63) is 6.33 Å². The Bertz CT molecular complexity index is 630. The number of rotatable bonds is 3. The van der Waals surface area contributed by atoms with Gasteiger partial charge in [0.2, 0.25) is 5.95 Å². The SMILES string of the molecule is CNc1nc2c(N)ncnc2n1[C@H]1C[C@@H](O)[C@@H](CO)O1. The predicted octanol–water partition coefficient (Wildman–Crippen LogP) is -0.909. The highest BCUT2D eigenvalue weighted by molar-refractivity contribution is 5.84. The number of aromatic nitrogens is 4. The van der Waals surface area contributed by atoms with E-state index in [9.17, 15) is 5.11 Å². The average molecular weight is 280 g/mol. The molecular weight excluding hydrogens is 264 g/mol. The van der Waals surface area contributed by atoms with Gasteiger partial charge in [0, 0.05) is 13.5 Å². The van der Waals surface area contributed by atoms with Crippen molar-refractivity contribution in [2.24, 2.45) is 0 Å². The number of nitrogen functional groups attached to an aromatic ring is 1. The molecule has 108 valence electrons. The maximum absolute atomic E-state index is 9.85. The molecule has 0 unspecified atom stereocenters. The monoisotopic (exact) mass is 280 g/mol. The first-order valence-corrected chi connectivity index (χ1v) is 6.26. The molecule has 9 nitrogen and oxygen atoms in total. The first kappa shape index (κ1) is 13.0. The third-order valence-corrected chi connectivity index (χ3v) is 3.40. The molecule has 0 amide bonds. The van der Waals surface area contributed by atoms with Gasteiger partial charge < -0.3 is 26.0 Å². The molecule has 0 aliphatic carbocycles. The summed E-state index contributed by atoms with van der Waals surface area (Å²) < 4.78 is 7.35. The molecule has 1 saturated heterocycles. The van der Waals surface area contributed by atoms with Gasteiger partial charge in [-0.3, -0.25) is 4.57 Å². The first-order valence-electron chi connectivity index (χ1n) is 6.26. The summed E-state index contributed by atoms with van der Waals surface area (Å²) in [6.07, 6.45) is -0.115. The van der Waals surface area contributed by atoms with Crippen LogP contribution in [-0.2, 0) is 4.74 Å². The molecule has 1 aliphatic heterocycles. The number of hydrogen-bond donors (Lipinski definition) is 4. The summed E-state index contributed by atoms with van der Waals surface area (Å²) in [6.45, 7) is -0.240. The fourth-order valence-corrected chi connectivity index (χ4v) is 2.41. The highest BCUT2D eigenvalue weighted by Crippen LogP contribution is 2.34. The van der Waals surface area contributed by atoms with Crippen LogP contribution in [0.3, 0.4) is 0 Å². The van der Waals surface area contributed by atoms with E-state index in [4.69, 9.17) is 15.6 Å². The number of imidazole rings is 1. The van der Waals surface area contributed by atoms with E-state index in [2.05, 4.69) is 20.3 Å². The molecule has 1 fully saturated rings. The highest BCUT2D eigenvalue weighted by atomic mass is 16.5. The van der Waals surface area contributed by atoms with Crippen LogP contribution in [0.1, 0.15) is 12.6 Å². The molecule has 0 aromatic carbocycles. The van der Waals surface area contributed by atoms with Crippen LogP contribution in [0, 0.1) is 0 Å². The average Bonchev–Trinajstić information content (AvgIpc) is 2.99. The standard InChI is InChI=1S/C11H16N6O3/c1-13-11-16-8-9(12)14-4-15-10(8)17(11)7-2-5(19)6(3-18)20-7/h4-7,18-19H,2-3H2,1H3,(H,13,16)(H2,12,14,15)/t5-,6-,7-/m1/s1.